The van der Waals surface area contributed by atoms with Crippen molar-refractivity contribution in [1.82, 2.24) is 20.0 Å². The monoisotopic (exact) mass is 290 g/mol. The third kappa shape index (κ3) is 3.77. The summed E-state index contributed by atoms with van der Waals surface area (Å²) in [5.74, 6) is 1.68. The van der Waals surface area contributed by atoms with E-state index in [1.807, 2.05) is 21.8 Å². The highest BCUT2D eigenvalue weighted by Crippen LogP contribution is 2.37. The van der Waals surface area contributed by atoms with Crippen molar-refractivity contribution in [3.05, 3.63) is 18.0 Å². The molecule has 2 amide bonds. The number of urea groups is 1. The highest BCUT2D eigenvalue weighted by Gasteiger charge is 2.31. The van der Waals surface area contributed by atoms with Crippen molar-refractivity contribution >= 4 is 6.03 Å². The lowest BCUT2D eigenvalue weighted by Gasteiger charge is -2.17. The molecule has 1 N–H and O–H groups in total. The first-order chi connectivity index (χ1) is 10.1. The van der Waals surface area contributed by atoms with Crippen molar-refractivity contribution in [2.24, 2.45) is 11.8 Å². The summed E-state index contributed by atoms with van der Waals surface area (Å²) in [6.07, 6.45) is 7.27. The summed E-state index contributed by atoms with van der Waals surface area (Å²) in [4.78, 5) is 14.2. The quantitative estimate of drug-likeness (QED) is 0.906. The summed E-state index contributed by atoms with van der Waals surface area (Å²) in [5, 5.41) is 7.45. The van der Waals surface area contributed by atoms with E-state index in [1.54, 1.807) is 0 Å². The van der Waals surface area contributed by atoms with Crippen LogP contribution < -0.4 is 5.32 Å². The molecular weight excluding hydrogens is 264 g/mol. The fraction of sp³-hybridized carbons (Fsp3) is 0.750. The number of aromatic nitrogens is 2. The van der Waals surface area contributed by atoms with E-state index in [1.165, 1.54) is 25.7 Å². The molecule has 1 unspecified atom stereocenters. The molecule has 1 aromatic heterocycles. The standard InChI is InChI=1S/C16H26N4O/c1-12(2)20-8-6-15(18-20)10-17-16(21)19-7-5-14(11-19)9-13-3-4-13/h6,8,12-14H,3-5,7,9-11H2,1-2H3,(H,17,21). The summed E-state index contributed by atoms with van der Waals surface area (Å²) in [6, 6.07) is 2.39. The number of amides is 2. The van der Waals surface area contributed by atoms with Crippen LogP contribution in [0.1, 0.15) is 51.3 Å². The topological polar surface area (TPSA) is 50.2 Å². The molecular formula is C16H26N4O. The van der Waals surface area contributed by atoms with Crippen LogP contribution in [0.3, 0.4) is 0 Å². The van der Waals surface area contributed by atoms with Crippen molar-refractivity contribution in [3.63, 3.8) is 0 Å². The number of nitrogens with one attached hydrogen (secondary N) is 1. The highest BCUT2D eigenvalue weighted by atomic mass is 16.2. The minimum atomic E-state index is 0.0624. The number of carbonyl (C=O) groups is 1. The summed E-state index contributed by atoms with van der Waals surface area (Å²) < 4.78 is 1.92. The largest absolute Gasteiger partial charge is 0.332 e. The summed E-state index contributed by atoms with van der Waals surface area (Å²) in [7, 11) is 0. The second-order valence-corrected chi connectivity index (χ2v) is 6.82. The first-order valence-electron chi connectivity index (χ1n) is 8.18. The van der Waals surface area contributed by atoms with Gasteiger partial charge in [0.25, 0.3) is 0 Å². The summed E-state index contributed by atoms with van der Waals surface area (Å²) in [6.45, 7) is 6.55. The Morgan fingerprint density at radius 3 is 2.86 bits per heavy atom. The van der Waals surface area contributed by atoms with E-state index in [9.17, 15) is 4.79 Å². The van der Waals surface area contributed by atoms with Gasteiger partial charge in [0.05, 0.1) is 12.2 Å². The van der Waals surface area contributed by atoms with E-state index in [4.69, 9.17) is 0 Å². The van der Waals surface area contributed by atoms with Crippen LogP contribution in [0, 0.1) is 11.8 Å². The molecule has 2 heterocycles. The van der Waals surface area contributed by atoms with Crippen LogP contribution in [0.15, 0.2) is 12.3 Å². The molecule has 0 spiro atoms. The first kappa shape index (κ1) is 14.4. The van der Waals surface area contributed by atoms with Crippen LogP contribution >= 0.6 is 0 Å². The number of hydrogen-bond acceptors (Lipinski definition) is 2. The van der Waals surface area contributed by atoms with Crippen LogP contribution in [-0.2, 0) is 6.54 Å². The van der Waals surface area contributed by atoms with Gasteiger partial charge in [-0.15, -0.1) is 0 Å². The molecule has 0 radical (unpaired) electrons. The minimum Gasteiger partial charge on any atom is -0.332 e. The number of rotatable bonds is 5. The zero-order chi connectivity index (χ0) is 14.8. The van der Waals surface area contributed by atoms with Gasteiger partial charge in [0, 0.05) is 25.3 Å². The van der Waals surface area contributed by atoms with Crippen LogP contribution in [0.25, 0.3) is 0 Å². The lowest BCUT2D eigenvalue weighted by atomic mass is 10.0. The fourth-order valence-electron chi connectivity index (χ4n) is 3.07. The van der Waals surface area contributed by atoms with E-state index in [0.29, 0.717) is 12.6 Å². The molecule has 21 heavy (non-hydrogen) atoms. The number of nitrogens with zero attached hydrogens (tertiary/aromatic N) is 3. The SMILES string of the molecule is CC(C)n1ccc(CNC(=O)N2CCC(CC3CC3)C2)n1. The Bertz CT molecular complexity index is 492. The molecule has 5 nitrogen and oxygen atoms in total. The van der Waals surface area contributed by atoms with E-state index in [0.717, 1.165) is 30.6 Å². The second-order valence-electron chi connectivity index (χ2n) is 6.82. The lowest BCUT2D eigenvalue weighted by molar-refractivity contribution is 0.206. The normalized spacial score (nSPS) is 22.0. The van der Waals surface area contributed by atoms with Gasteiger partial charge < -0.3 is 10.2 Å². The van der Waals surface area contributed by atoms with Gasteiger partial charge in [-0.2, -0.15) is 5.10 Å². The third-order valence-corrected chi connectivity index (χ3v) is 4.55. The predicted molar refractivity (Wildman–Crippen MR) is 81.9 cm³/mol. The Labute approximate surface area is 126 Å². The third-order valence-electron chi connectivity index (χ3n) is 4.55. The van der Waals surface area contributed by atoms with Crippen LogP contribution in [0.5, 0.6) is 0 Å². The average molecular weight is 290 g/mol. The average Bonchev–Trinajstić information content (AvgIpc) is 2.96. The Hall–Kier alpha value is -1.52. The molecule has 1 saturated carbocycles. The highest BCUT2D eigenvalue weighted by molar-refractivity contribution is 5.74. The van der Waals surface area contributed by atoms with Gasteiger partial charge in [-0.25, -0.2) is 4.79 Å². The molecule has 116 valence electrons. The zero-order valence-corrected chi connectivity index (χ0v) is 13.1. The van der Waals surface area contributed by atoms with Gasteiger partial charge in [-0.3, -0.25) is 4.68 Å². The second kappa shape index (κ2) is 6.08. The Morgan fingerprint density at radius 1 is 1.38 bits per heavy atom. The smallest absolute Gasteiger partial charge is 0.317 e. The van der Waals surface area contributed by atoms with Crippen LogP contribution in [0.2, 0.25) is 0 Å². The summed E-state index contributed by atoms with van der Waals surface area (Å²) in [5.41, 5.74) is 0.922. The van der Waals surface area contributed by atoms with Crippen LogP contribution in [0.4, 0.5) is 4.79 Å². The molecule has 0 aromatic carbocycles. The van der Waals surface area contributed by atoms with Gasteiger partial charge in [0.15, 0.2) is 0 Å². The van der Waals surface area contributed by atoms with Crippen LogP contribution in [-0.4, -0.2) is 33.8 Å². The van der Waals surface area contributed by atoms with Crippen molar-refractivity contribution < 1.29 is 4.79 Å². The molecule has 2 fully saturated rings. The van der Waals surface area contributed by atoms with Gasteiger partial charge >= 0.3 is 6.03 Å². The molecule has 1 aliphatic carbocycles. The van der Waals surface area contributed by atoms with Crippen molar-refractivity contribution in [3.8, 4) is 0 Å². The molecule has 3 rings (SSSR count). The maximum atomic E-state index is 12.2. The predicted octanol–water partition coefficient (Wildman–Crippen LogP) is 2.80. The Morgan fingerprint density at radius 2 is 2.19 bits per heavy atom. The van der Waals surface area contributed by atoms with Crippen molar-refractivity contribution in [1.29, 1.82) is 0 Å². The van der Waals surface area contributed by atoms with Gasteiger partial charge in [-0.1, -0.05) is 12.8 Å². The molecule has 2 aliphatic rings. The number of carbonyl (C=O) groups excluding carboxylic acids is 1. The number of hydrogen-bond donors (Lipinski definition) is 1. The van der Waals surface area contributed by atoms with E-state index in [2.05, 4.69) is 24.3 Å². The van der Waals surface area contributed by atoms with Gasteiger partial charge in [0.1, 0.15) is 0 Å². The molecule has 1 aliphatic heterocycles. The maximum absolute atomic E-state index is 12.2. The fourth-order valence-corrected chi connectivity index (χ4v) is 3.07. The Kier molecular flexibility index (Phi) is 4.17. The van der Waals surface area contributed by atoms with Crippen molar-refractivity contribution in [2.45, 2.75) is 52.1 Å². The molecule has 1 saturated heterocycles. The van der Waals surface area contributed by atoms with Gasteiger partial charge in [0.2, 0.25) is 0 Å². The van der Waals surface area contributed by atoms with Gasteiger partial charge in [-0.05, 0) is 44.6 Å². The van der Waals surface area contributed by atoms with E-state index >= 15 is 0 Å². The number of likely N-dealkylation sites (tertiary alicyclic amines) is 1. The molecule has 5 heteroatoms. The minimum absolute atomic E-state index is 0.0624. The molecule has 1 aromatic rings. The summed E-state index contributed by atoms with van der Waals surface area (Å²) >= 11 is 0. The van der Waals surface area contributed by atoms with E-state index < -0.39 is 0 Å². The first-order valence-corrected chi connectivity index (χ1v) is 8.18. The van der Waals surface area contributed by atoms with E-state index in [-0.39, 0.29) is 6.03 Å². The Balaban J connectivity index is 1.43. The lowest BCUT2D eigenvalue weighted by Crippen LogP contribution is -2.38. The maximum Gasteiger partial charge on any atom is 0.317 e. The molecule has 1 atom stereocenters. The zero-order valence-electron chi connectivity index (χ0n) is 13.1. The van der Waals surface area contributed by atoms with Crippen molar-refractivity contribution in [2.75, 3.05) is 13.1 Å². The molecule has 0 bridgehead atoms.